The van der Waals surface area contributed by atoms with Gasteiger partial charge in [-0.15, -0.1) is 0 Å². The molecule has 3 aromatic rings. The van der Waals surface area contributed by atoms with E-state index in [0.717, 1.165) is 16.6 Å². The molecule has 0 bridgehead atoms. The Morgan fingerprint density at radius 1 is 1.32 bits per heavy atom. The molecule has 0 saturated heterocycles. The molecule has 0 unspecified atom stereocenters. The number of amides is 1. The van der Waals surface area contributed by atoms with Crippen LogP contribution in [0.4, 0.5) is 5.69 Å². The number of benzene rings is 2. The van der Waals surface area contributed by atoms with E-state index in [1.165, 1.54) is 7.11 Å². The second-order valence-corrected chi connectivity index (χ2v) is 5.19. The molecule has 0 aliphatic rings. The topological polar surface area (TPSA) is 67.0 Å². The number of imidazole rings is 1. The Morgan fingerprint density at radius 2 is 2.14 bits per heavy atom. The van der Waals surface area contributed by atoms with E-state index >= 15 is 0 Å². The molecule has 22 heavy (non-hydrogen) atoms. The molecule has 0 aliphatic heterocycles. The van der Waals surface area contributed by atoms with Gasteiger partial charge in [0.25, 0.3) is 0 Å². The van der Waals surface area contributed by atoms with Crippen molar-refractivity contribution >= 4 is 34.2 Å². The quantitative estimate of drug-likeness (QED) is 0.774. The SMILES string of the molecule is COCC(=O)Nc1ccc(Cl)c(-c2nc3ccccc3[nH]2)c1. The molecule has 0 radical (unpaired) electrons. The van der Waals surface area contributed by atoms with Crippen LogP contribution < -0.4 is 5.32 Å². The summed E-state index contributed by atoms with van der Waals surface area (Å²) in [4.78, 5) is 19.3. The lowest BCUT2D eigenvalue weighted by Crippen LogP contribution is -2.17. The fourth-order valence-electron chi connectivity index (χ4n) is 2.19. The summed E-state index contributed by atoms with van der Waals surface area (Å²) >= 11 is 6.26. The third-order valence-electron chi connectivity index (χ3n) is 3.17. The predicted molar refractivity (Wildman–Crippen MR) is 87.0 cm³/mol. The van der Waals surface area contributed by atoms with Gasteiger partial charge in [-0.1, -0.05) is 23.7 Å². The number of ether oxygens (including phenoxy) is 1. The highest BCUT2D eigenvalue weighted by Crippen LogP contribution is 2.30. The lowest BCUT2D eigenvalue weighted by molar-refractivity contribution is -0.119. The van der Waals surface area contributed by atoms with Gasteiger partial charge in [-0.2, -0.15) is 0 Å². The number of nitrogens with zero attached hydrogens (tertiary/aromatic N) is 1. The highest BCUT2D eigenvalue weighted by Gasteiger charge is 2.11. The van der Waals surface area contributed by atoms with Gasteiger partial charge in [-0.25, -0.2) is 4.98 Å². The molecule has 6 heteroatoms. The van der Waals surface area contributed by atoms with E-state index in [1.54, 1.807) is 18.2 Å². The van der Waals surface area contributed by atoms with Crippen LogP contribution in [0.3, 0.4) is 0 Å². The van der Waals surface area contributed by atoms with Gasteiger partial charge in [0.2, 0.25) is 5.91 Å². The summed E-state index contributed by atoms with van der Waals surface area (Å²) < 4.78 is 4.80. The smallest absolute Gasteiger partial charge is 0.250 e. The van der Waals surface area contributed by atoms with Crippen molar-refractivity contribution in [3.63, 3.8) is 0 Å². The number of fused-ring (bicyclic) bond motifs is 1. The Bertz CT molecular complexity index is 796. The molecular formula is C16H14ClN3O2. The highest BCUT2D eigenvalue weighted by molar-refractivity contribution is 6.33. The molecule has 0 saturated carbocycles. The van der Waals surface area contributed by atoms with Crippen LogP contribution >= 0.6 is 11.6 Å². The van der Waals surface area contributed by atoms with Crippen LogP contribution in [0.15, 0.2) is 42.5 Å². The van der Waals surface area contributed by atoms with Crippen molar-refractivity contribution in [2.24, 2.45) is 0 Å². The number of carbonyl (C=O) groups excluding carboxylic acids is 1. The Hall–Kier alpha value is -2.37. The molecule has 1 aromatic heterocycles. The van der Waals surface area contributed by atoms with Gasteiger partial charge in [0.1, 0.15) is 12.4 Å². The van der Waals surface area contributed by atoms with E-state index in [-0.39, 0.29) is 12.5 Å². The second kappa shape index (κ2) is 6.17. The summed E-state index contributed by atoms with van der Waals surface area (Å²) in [5, 5.41) is 3.31. The standard InChI is InChI=1S/C16H14ClN3O2/c1-22-9-15(21)18-10-6-7-12(17)11(8-10)16-19-13-4-2-3-5-14(13)20-16/h2-8H,9H2,1H3,(H,18,21)(H,19,20). The fraction of sp³-hybridized carbons (Fsp3) is 0.125. The van der Waals surface area contributed by atoms with Crippen LogP contribution in [0.25, 0.3) is 22.4 Å². The Morgan fingerprint density at radius 3 is 2.91 bits per heavy atom. The number of para-hydroxylation sites is 2. The van der Waals surface area contributed by atoms with Crippen molar-refractivity contribution < 1.29 is 9.53 Å². The summed E-state index contributed by atoms with van der Waals surface area (Å²) in [6.45, 7) is 0.00258. The third kappa shape index (κ3) is 2.95. The monoisotopic (exact) mass is 315 g/mol. The summed E-state index contributed by atoms with van der Waals surface area (Å²) in [5.41, 5.74) is 3.17. The molecule has 0 fully saturated rings. The van der Waals surface area contributed by atoms with Gasteiger partial charge in [-0.05, 0) is 30.3 Å². The van der Waals surface area contributed by atoms with Crippen LogP contribution in [-0.4, -0.2) is 29.6 Å². The van der Waals surface area contributed by atoms with Gasteiger partial charge in [0, 0.05) is 18.4 Å². The van der Waals surface area contributed by atoms with Gasteiger partial charge in [-0.3, -0.25) is 4.79 Å². The van der Waals surface area contributed by atoms with Crippen LogP contribution in [0.5, 0.6) is 0 Å². The first-order valence-corrected chi connectivity index (χ1v) is 7.08. The molecule has 0 spiro atoms. The number of aromatic nitrogens is 2. The number of halogens is 1. The maximum Gasteiger partial charge on any atom is 0.250 e. The van der Waals surface area contributed by atoms with Crippen LogP contribution in [0.2, 0.25) is 5.02 Å². The molecule has 1 amide bonds. The van der Waals surface area contributed by atoms with Crippen molar-refractivity contribution in [3.05, 3.63) is 47.5 Å². The van der Waals surface area contributed by atoms with Crippen LogP contribution in [0, 0.1) is 0 Å². The first-order chi connectivity index (χ1) is 10.7. The molecule has 5 nitrogen and oxygen atoms in total. The number of H-pyrrole nitrogens is 1. The van der Waals surface area contributed by atoms with Gasteiger partial charge < -0.3 is 15.0 Å². The molecule has 0 aliphatic carbocycles. The summed E-state index contributed by atoms with van der Waals surface area (Å²) in [6, 6.07) is 13.0. The van der Waals surface area contributed by atoms with Gasteiger partial charge in [0.15, 0.2) is 0 Å². The molecule has 112 valence electrons. The van der Waals surface area contributed by atoms with Crippen molar-refractivity contribution in [3.8, 4) is 11.4 Å². The maximum absolute atomic E-state index is 11.6. The Kier molecular flexibility index (Phi) is 4.09. The average Bonchev–Trinajstić information content (AvgIpc) is 2.93. The van der Waals surface area contributed by atoms with E-state index in [1.807, 2.05) is 24.3 Å². The second-order valence-electron chi connectivity index (χ2n) is 4.78. The van der Waals surface area contributed by atoms with E-state index in [0.29, 0.717) is 16.5 Å². The maximum atomic E-state index is 11.6. The first kappa shape index (κ1) is 14.6. The van der Waals surface area contributed by atoms with Crippen molar-refractivity contribution in [2.75, 3.05) is 19.0 Å². The van der Waals surface area contributed by atoms with Crippen molar-refractivity contribution in [2.45, 2.75) is 0 Å². The molecule has 2 N–H and O–H groups in total. The largest absolute Gasteiger partial charge is 0.375 e. The van der Waals surface area contributed by atoms with E-state index < -0.39 is 0 Å². The number of rotatable bonds is 4. The van der Waals surface area contributed by atoms with E-state index in [4.69, 9.17) is 16.3 Å². The van der Waals surface area contributed by atoms with Crippen LogP contribution in [0.1, 0.15) is 0 Å². The number of hydrogen-bond donors (Lipinski definition) is 2. The minimum absolute atomic E-state index is 0.00258. The Balaban J connectivity index is 1.97. The zero-order valence-electron chi connectivity index (χ0n) is 11.9. The zero-order valence-corrected chi connectivity index (χ0v) is 12.6. The number of anilines is 1. The normalized spacial score (nSPS) is 10.8. The van der Waals surface area contributed by atoms with E-state index in [9.17, 15) is 4.79 Å². The number of hydrogen-bond acceptors (Lipinski definition) is 3. The molecule has 3 rings (SSSR count). The molecule has 0 atom stereocenters. The number of carbonyl (C=O) groups is 1. The number of methoxy groups -OCH3 is 1. The molecular weight excluding hydrogens is 302 g/mol. The average molecular weight is 316 g/mol. The molecule has 2 aromatic carbocycles. The highest BCUT2D eigenvalue weighted by atomic mass is 35.5. The van der Waals surface area contributed by atoms with Gasteiger partial charge in [0.05, 0.1) is 16.1 Å². The number of nitrogens with one attached hydrogen (secondary N) is 2. The predicted octanol–water partition coefficient (Wildman–Crippen LogP) is 3.47. The molecule has 1 heterocycles. The van der Waals surface area contributed by atoms with E-state index in [2.05, 4.69) is 15.3 Å². The number of aromatic amines is 1. The summed E-state index contributed by atoms with van der Waals surface area (Å²) in [7, 11) is 1.47. The summed E-state index contributed by atoms with van der Waals surface area (Å²) in [5.74, 6) is 0.439. The third-order valence-corrected chi connectivity index (χ3v) is 3.50. The Labute approximate surface area is 132 Å². The minimum Gasteiger partial charge on any atom is -0.375 e. The first-order valence-electron chi connectivity index (χ1n) is 6.71. The summed E-state index contributed by atoms with van der Waals surface area (Å²) in [6.07, 6.45) is 0. The lowest BCUT2D eigenvalue weighted by Gasteiger charge is -2.07. The van der Waals surface area contributed by atoms with Crippen LogP contribution in [-0.2, 0) is 9.53 Å². The zero-order chi connectivity index (χ0) is 15.5. The lowest BCUT2D eigenvalue weighted by atomic mass is 10.2. The van der Waals surface area contributed by atoms with Crippen molar-refractivity contribution in [1.29, 1.82) is 0 Å². The fourth-order valence-corrected chi connectivity index (χ4v) is 2.40. The minimum atomic E-state index is -0.222. The van der Waals surface area contributed by atoms with Gasteiger partial charge >= 0.3 is 0 Å². The van der Waals surface area contributed by atoms with Crippen molar-refractivity contribution in [1.82, 2.24) is 9.97 Å².